The lowest BCUT2D eigenvalue weighted by Gasteiger charge is -2.21. The van der Waals surface area contributed by atoms with E-state index < -0.39 is 0 Å². The van der Waals surface area contributed by atoms with Crippen LogP contribution in [0.25, 0.3) is 0 Å². The van der Waals surface area contributed by atoms with Crippen LogP contribution in [0.5, 0.6) is 0 Å². The first-order chi connectivity index (χ1) is 6.84. The van der Waals surface area contributed by atoms with Crippen LogP contribution in [0, 0.1) is 5.92 Å². The highest BCUT2D eigenvalue weighted by atomic mass is 79.9. The van der Waals surface area contributed by atoms with Crippen molar-refractivity contribution in [3.8, 4) is 0 Å². The van der Waals surface area contributed by atoms with Crippen LogP contribution in [0.15, 0.2) is 16.7 Å². The van der Waals surface area contributed by atoms with Gasteiger partial charge in [0.25, 0.3) is 0 Å². The highest BCUT2D eigenvalue weighted by Crippen LogP contribution is 2.19. The number of rotatable bonds is 2. The number of nitrogens with zero attached hydrogens (tertiary/aromatic N) is 2. The van der Waals surface area contributed by atoms with Crippen LogP contribution < -0.4 is 0 Å². The molecule has 0 aromatic carbocycles. The van der Waals surface area contributed by atoms with Gasteiger partial charge in [-0.2, -0.15) is 10.2 Å². The first kappa shape index (κ1) is 10.1. The molecule has 0 N–H and O–H groups in total. The summed E-state index contributed by atoms with van der Waals surface area (Å²) in [5.74, 6) is 0.715. The van der Waals surface area contributed by atoms with Crippen molar-refractivity contribution >= 4 is 15.9 Å². The van der Waals surface area contributed by atoms with Crippen LogP contribution in [-0.2, 0) is 11.2 Å². The normalized spacial score (nSPS) is 18.4. The molecule has 0 amide bonds. The summed E-state index contributed by atoms with van der Waals surface area (Å²) in [5.41, 5.74) is 1.08. The summed E-state index contributed by atoms with van der Waals surface area (Å²) in [6.45, 7) is 1.79. The number of ether oxygens (including phenoxy) is 1. The third kappa shape index (κ3) is 2.75. The lowest BCUT2D eigenvalue weighted by atomic mass is 9.95. The van der Waals surface area contributed by atoms with Crippen LogP contribution in [-0.4, -0.2) is 23.4 Å². The molecular formula is C10H13BrN2O. The van der Waals surface area contributed by atoms with E-state index in [2.05, 4.69) is 26.1 Å². The summed E-state index contributed by atoms with van der Waals surface area (Å²) < 4.78 is 6.32. The van der Waals surface area contributed by atoms with Gasteiger partial charge in [-0.1, -0.05) is 0 Å². The predicted octanol–water partition coefficient (Wildman–Crippen LogP) is 2.21. The number of aromatic nitrogens is 2. The van der Waals surface area contributed by atoms with Crippen molar-refractivity contribution < 1.29 is 4.74 Å². The van der Waals surface area contributed by atoms with Crippen molar-refractivity contribution in [3.63, 3.8) is 0 Å². The van der Waals surface area contributed by atoms with Crippen LogP contribution in [0.3, 0.4) is 0 Å². The van der Waals surface area contributed by atoms with Crippen molar-refractivity contribution in [2.45, 2.75) is 19.3 Å². The highest BCUT2D eigenvalue weighted by Gasteiger charge is 2.14. The second-order valence-electron chi connectivity index (χ2n) is 3.63. The second-order valence-corrected chi connectivity index (χ2v) is 4.54. The van der Waals surface area contributed by atoms with Crippen LogP contribution in [0.1, 0.15) is 18.5 Å². The molecule has 0 spiro atoms. The highest BCUT2D eigenvalue weighted by molar-refractivity contribution is 9.10. The monoisotopic (exact) mass is 256 g/mol. The average molecular weight is 257 g/mol. The van der Waals surface area contributed by atoms with Gasteiger partial charge in [-0.25, -0.2) is 0 Å². The van der Waals surface area contributed by atoms with Gasteiger partial charge < -0.3 is 4.74 Å². The van der Waals surface area contributed by atoms with Crippen molar-refractivity contribution in [2.24, 2.45) is 5.92 Å². The van der Waals surface area contributed by atoms with E-state index in [0.29, 0.717) is 5.92 Å². The molecule has 14 heavy (non-hydrogen) atoms. The predicted molar refractivity (Wildman–Crippen MR) is 57.0 cm³/mol. The molecule has 0 bridgehead atoms. The SMILES string of the molecule is Brc1cnnc(CC2CCOCC2)c1. The summed E-state index contributed by atoms with van der Waals surface area (Å²) in [6, 6.07) is 2.04. The standard InChI is InChI=1S/C10H13BrN2O/c11-9-6-10(13-12-7-9)5-8-1-3-14-4-2-8/h6-8H,1-5H2. The fourth-order valence-electron chi connectivity index (χ4n) is 1.73. The zero-order valence-corrected chi connectivity index (χ0v) is 9.53. The Morgan fingerprint density at radius 1 is 1.43 bits per heavy atom. The van der Waals surface area contributed by atoms with Gasteiger partial charge in [0, 0.05) is 17.7 Å². The van der Waals surface area contributed by atoms with Crippen LogP contribution in [0.4, 0.5) is 0 Å². The van der Waals surface area contributed by atoms with E-state index in [-0.39, 0.29) is 0 Å². The van der Waals surface area contributed by atoms with Crippen molar-refractivity contribution in [3.05, 3.63) is 22.4 Å². The molecule has 0 unspecified atom stereocenters. The van der Waals surface area contributed by atoms with E-state index in [1.165, 1.54) is 0 Å². The molecule has 1 aliphatic heterocycles. The van der Waals surface area contributed by atoms with Crippen molar-refractivity contribution in [1.29, 1.82) is 0 Å². The van der Waals surface area contributed by atoms with Gasteiger partial charge in [-0.05, 0) is 47.2 Å². The molecule has 2 rings (SSSR count). The first-order valence-electron chi connectivity index (χ1n) is 4.89. The van der Waals surface area contributed by atoms with Gasteiger partial charge in [0.2, 0.25) is 0 Å². The van der Waals surface area contributed by atoms with Gasteiger partial charge in [0.05, 0.1) is 11.9 Å². The molecule has 1 aromatic rings. The minimum Gasteiger partial charge on any atom is -0.381 e. The van der Waals surface area contributed by atoms with E-state index in [1.54, 1.807) is 6.20 Å². The van der Waals surface area contributed by atoms with E-state index in [1.807, 2.05) is 6.07 Å². The maximum atomic E-state index is 5.32. The maximum absolute atomic E-state index is 5.32. The Bertz CT molecular complexity index is 300. The maximum Gasteiger partial charge on any atom is 0.0645 e. The average Bonchev–Trinajstić information content (AvgIpc) is 2.19. The minimum absolute atomic E-state index is 0.715. The smallest absolute Gasteiger partial charge is 0.0645 e. The Kier molecular flexibility index (Phi) is 3.48. The lowest BCUT2D eigenvalue weighted by Crippen LogP contribution is -2.18. The van der Waals surface area contributed by atoms with Gasteiger partial charge in [0.1, 0.15) is 0 Å². The number of hydrogen-bond acceptors (Lipinski definition) is 3. The van der Waals surface area contributed by atoms with Crippen molar-refractivity contribution in [2.75, 3.05) is 13.2 Å². The molecule has 2 heterocycles. The Morgan fingerprint density at radius 2 is 2.21 bits per heavy atom. The van der Waals surface area contributed by atoms with Crippen LogP contribution >= 0.6 is 15.9 Å². The number of halogens is 1. The topological polar surface area (TPSA) is 35.0 Å². The van der Waals surface area contributed by atoms with E-state index in [9.17, 15) is 0 Å². The fraction of sp³-hybridized carbons (Fsp3) is 0.600. The fourth-order valence-corrected chi connectivity index (χ4v) is 2.09. The first-order valence-corrected chi connectivity index (χ1v) is 5.69. The zero-order chi connectivity index (χ0) is 9.80. The summed E-state index contributed by atoms with van der Waals surface area (Å²) in [7, 11) is 0. The molecule has 76 valence electrons. The van der Waals surface area contributed by atoms with Crippen molar-refractivity contribution in [1.82, 2.24) is 10.2 Å². The third-order valence-electron chi connectivity index (χ3n) is 2.51. The molecule has 4 heteroatoms. The quantitative estimate of drug-likeness (QED) is 0.814. The molecule has 3 nitrogen and oxygen atoms in total. The number of hydrogen-bond donors (Lipinski definition) is 0. The van der Waals surface area contributed by atoms with Crippen LogP contribution in [0.2, 0.25) is 0 Å². The van der Waals surface area contributed by atoms with Gasteiger partial charge >= 0.3 is 0 Å². The molecule has 1 saturated heterocycles. The second kappa shape index (κ2) is 4.84. The molecule has 1 aromatic heterocycles. The summed E-state index contributed by atoms with van der Waals surface area (Å²) in [6.07, 6.45) is 5.03. The lowest BCUT2D eigenvalue weighted by molar-refractivity contribution is 0.0662. The van der Waals surface area contributed by atoms with E-state index in [0.717, 1.165) is 42.6 Å². The molecule has 0 aliphatic carbocycles. The van der Waals surface area contributed by atoms with E-state index >= 15 is 0 Å². The van der Waals surface area contributed by atoms with Gasteiger partial charge in [-0.3, -0.25) is 0 Å². The molecule has 1 fully saturated rings. The summed E-state index contributed by atoms with van der Waals surface area (Å²) >= 11 is 3.40. The molecule has 0 radical (unpaired) electrons. The largest absolute Gasteiger partial charge is 0.381 e. The molecule has 1 aliphatic rings. The van der Waals surface area contributed by atoms with Gasteiger partial charge in [0.15, 0.2) is 0 Å². The third-order valence-corrected chi connectivity index (χ3v) is 2.94. The Morgan fingerprint density at radius 3 is 2.93 bits per heavy atom. The minimum atomic E-state index is 0.715. The van der Waals surface area contributed by atoms with Gasteiger partial charge in [-0.15, -0.1) is 0 Å². The zero-order valence-electron chi connectivity index (χ0n) is 7.95. The molecule has 0 saturated carbocycles. The molecular weight excluding hydrogens is 244 g/mol. The Balaban J connectivity index is 1.95. The summed E-state index contributed by atoms with van der Waals surface area (Å²) in [5, 5.41) is 8.03. The van der Waals surface area contributed by atoms with E-state index in [4.69, 9.17) is 4.74 Å². The summed E-state index contributed by atoms with van der Waals surface area (Å²) in [4.78, 5) is 0. The molecule has 0 atom stereocenters. The Hall–Kier alpha value is -0.480. The Labute approximate surface area is 92.0 Å².